The van der Waals surface area contributed by atoms with Crippen molar-refractivity contribution in [3.05, 3.63) is 35.4 Å². The van der Waals surface area contributed by atoms with E-state index in [4.69, 9.17) is 9.47 Å². The van der Waals surface area contributed by atoms with E-state index in [9.17, 15) is 14.4 Å². The lowest BCUT2D eigenvalue weighted by atomic mass is 10.0. The van der Waals surface area contributed by atoms with Gasteiger partial charge in [-0.05, 0) is 58.0 Å². The number of ether oxygens (including phenoxy) is 2. The van der Waals surface area contributed by atoms with Crippen LogP contribution in [0.15, 0.2) is 24.3 Å². The molecule has 8 nitrogen and oxygen atoms in total. The zero-order valence-electron chi connectivity index (χ0n) is 17.9. The van der Waals surface area contributed by atoms with Gasteiger partial charge in [-0.2, -0.15) is 0 Å². The highest BCUT2D eigenvalue weighted by Gasteiger charge is 2.27. The van der Waals surface area contributed by atoms with Crippen molar-refractivity contribution in [2.75, 3.05) is 47.0 Å². The Kier molecular flexibility index (Phi) is 10.5. The average molecular weight is 420 g/mol. The number of rotatable bonds is 6. The Balaban J connectivity index is 2.06. The molecule has 0 fully saturated rings. The third kappa shape index (κ3) is 8.22. The predicted octanol–water partition coefficient (Wildman–Crippen LogP) is 1.14. The van der Waals surface area contributed by atoms with Crippen LogP contribution in [0.4, 0.5) is 0 Å². The Morgan fingerprint density at radius 2 is 1.90 bits per heavy atom. The molecule has 1 unspecified atom stereocenters. The van der Waals surface area contributed by atoms with Crippen molar-refractivity contribution in [2.24, 2.45) is 0 Å². The van der Waals surface area contributed by atoms with E-state index in [2.05, 4.69) is 10.6 Å². The first-order chi connectivity index (χ1) is 14.5. The second-order valence-electron chi connectivity index (χ2n) is 7.62. The van der Waals surface area contributed by atoms with Gasteiger partial charge in [-0.3, -0.25) is 14.4 Å². The lowest BCUT2D eigenvalue weighted by Gasteiger charge is -2.19. The fourth-order valence-electron chi connectivity index (χ4n) is 3.17. The van der Waals surface area contributed by atoms with E-state index in [1.54, 1.807) is 12.1 Å². The van der Waals surface area contributed by atoms with Crippen LogP contribution in [-0.2, 0) is 25.7 Å². The SMILES string of the molecule is CN(C)CCCNC(=O)C(=O)C1CCCCOCCOCc2ccccc2C(=O)N1. The van der Waals surface area contributed by atoms with Crippen molar-refractivity contribution >= 4 is 17.6 Å². The third-order valence-electron chi connectivity index (χ3n) is 4.84. The van der Waals surface area contributed by atoms with Crippen LogP contribution < -0.4 is 10.6 Å². The quantitative estimate of drug-likeness (QED) is 0.530. The average Bonchev–Trinajstić information content (AvgIpc) is 2.73. The topological polar surface area (TPSA) is 97.0 Å². The lowest BCUT2D eigenvalue weighted by molar-refractivity contribution is -0.139. The molecule has 0 saturated carbocycles. The molecular formula is C22H33N3O5. The number of nitrogens with one attached hydrogen (secondary N) is 2. The normalized spacial score (nSPS) is 18.8. The van der Waals surface area contributed by atoms with Gasteiger partial charge in [-0.1, -0.05) is 18.2 Å². The zero-order valence-corrected chi connectivity index (χ0v) is 17.9. The number of benzene rings is 1. The van der Waals surface area contributed by atoms with Gasteiger partial charge in [-0.15, -0.1) is 0 Å². The minimum Gasteiger partial charge on any atom is -0.379 e. The van der Waals surface area contributed by atoms with Crippen LogP contribution in [0.5, 0.6) is 0 Å². The molecule has 0 spiro atoms. The largest absolute Gasteiger partial charge is 0.379 e. The molecule has 30 heavy (non-hydrogen) atoms. The highest BCUT2D eigenvalue weighted by Crippen LogP contribution is 2.12. The standard InChI is InChI=1S/C22H33N3O5/c1-25(2)12-7-11-23-22(28)20(26)19-10-5-6-13-29-14-15-30-16-17-8-3-4-9-18(17)21(27)24-19/h3-4,8-9,19H,5-7,10-16H2,1-2H3,(H,23,28)(H,24,27). The van der Waals surface area contributed by atoms with Gasteiger partial charge in [0.25, 0.3) is 11.8 Å². The predicted molar refractivity (Wildman–Crippen MR) is 113 cm³/mol. The zero-order chi connectivity index (χ0) is 21.8. The summed E-state index contributed by atoms with van der Waals surface area (Å²) >= 11 is 0. The Bertz CT molecular complexity index is 708. The fraction of sp³-hybridized carbons (Fsp3) is 0.591. The molecule has 1 heterocycles. The summed E-state index contributed by atoms with van der Waals surface area (Å²) in [6.45, 7) is 2.98. The molecule has 1 aromatic rings. The molecule has 0 aliphatic carbocycles. The number of carbonyl (C=O) groups excluding carboxylic acids is 3. The number of carbonyl (C=O) groups is 3. The Morgan fingerprint density at radius 3 is 2.70 bits per heavy atom. The Morgan fingerprint density at radius 1 is 1.13 bits per heavy atom. The van der Waals surface area contributed by atoms with E-state index in [0.717, 1.165) is 24.9 Å². The molecule has 1 aliphatic rings. The second-order valence-corrected chi connectivity index (χ2v) is 7.62. The van der Waals surface area contributed by atoms with Crippen molar-refractivity contribution in [1.82, 2.24) is 15.5 Å². The van der Waals surface area contributed by atoms with Crippen molar-refractivity contribution in [1.29, 1.82) is 0 Å². The molecule has 2 N–H and O–H groups in total. The molecule has 0 bridgehead atoms. The van der Waals surface area contributed by atoms with Crippen LogP contribution in [0.25, 0.3) is 0 Å². The summed E-state index contributed by atoms with van der Waals surface area (Å²) in [5.74, 6) is -1.65. The van der Waals surface area contributed by atoms with E-state index in [-0.39, 0.29) is 12.5 Å². The summed E-state index contributed by atoms with van der Waals surface area (Å²) in [4.78, 5) is 40.0. The number of ketones is 1. The summed E-state index contributed by atoms with van der Waals surface area (Å²) in [7, 11) is 3.90. The van der Waals surface area contributed by atoms with E-state index in [0.29, 0.717) is 44.8 Å². The van der Waals surface area contributed by atoms with Crippen molar-refractivity contribution in [3.63, 3.8) is 0 Å². The van der Waals surface area contributed by atoms with Crippen molar-refractivity contribution in [3.8, 4) is 0 Å². The van der Waals surface area contributed by atoms with Crippen molar-refractivity contribution in [2.45, 2.75) is 38.3 Å². The fourth-order valence-corrected chi connectivity index (χ4v) is 3.17. The number of hydrogen-bond acceptors (Lipinski definition) is 6. The van der Waals surface area contributed by atoms with Gasteiger partial charge in [0.15, 0.2) is 0 Å². The molecule has 1 aliphatic heterocycles. The van der Waals surface area contributed by atoms with E-state index in [1.165, 1.54) is 0 Å². The highest BCUT2D eigenvalue weighted by atomic mass is 16.5. The summed E-state index contributed by atoms with van der Waals surface area (Å²) in [5.41, 5.74) is 1.17. The van der Waals surface area contributed by atoms with Crippen molar-refractivity contribution < 1.29 is 23.9 Å². The molecule has 1 aromatic carbocycles. The van der Waals surface area contributed by atoms with E-state index < -0.39 is 17.7 Å². The molecule has 0 radical (unpaired) electrons. The third-order valence-corrected chi connectivity index (χ3v) is 4.84. The van der Waals surface area contributed by atoms with Gasteiger partial charge in [0.2, 0.25) is 5.78 Å². The first-order valence-electron chi connectivity index (χ1n) is 10.5. The maximum Gasteiger partial charge on any atom is 0.289 e. The summed E-state index contributed by atoms with van der Waals surface area (Å²) in [6.07, 6.45) is 2.53. The molecule has 2 amide bonds. The first-order valence-corrected chi connectivity index (χ1v) is 10.5. The highest BCUT2D eigenvalue weighted by molar-refractivity contribution is 6.38. The van der Waals surface area contributed by atoms with Crippen LogP contribution in [0.2, 0.25) is 0 Å². The number of hydrogen-bond donors (Lipinski definition) is 2. The summed E-state index contributed by atoms with van der Waals surface area (Å²) < 4.78 is 11.1. The molecule has 0 saturated heterocycles. The number of amides is 2. The smallest absolute Gasteiger partial charge is 0.289 e. The minimum atomic E-state index is -0.872. The minimum absolute atomic E-state index is 0.276. The van der Waals surface area contributed by atoms with Gasteiger partial charge < -0.3 is 25.0 Å². The van der Waals surface area contributed by atoms with Gasteiger partial charge in [-0.25, -0.2) is 0 Å². The van der Waals surface area contributed by atoms with Gasteiger partial charge >= 0.3 is 0 Å². The number of nitrogens with zero attached hydrogens (tertiary/aromatic N) is 1. The molecule has 2 rings (SSSR count). The van der Waals surface area contributed by atoms with Crippen LogP contribution in [0, 0.1) is 0 Å². The Labute approximate surface area is 178 Å². The van der Waals surface area contributed by atoms with Crippen LogP contribution in [-0.4, -0.2) is 75.5 Å². The van der Waals surface area contributed by atoms with Crippen LogP contribution in [0.1, 0.15) is 41.6 Å². The lowest BCUT2D eigenvalue weighted by Crippen LogP contribution is -2.48. The molecule has 8 heteroatoms. The van der Waals surface area contributed by atoms with Gasteiger partial charge in [0.05, 0.1) is 25.9 Å². The second kappa shape index (κ2) is 13.1. The Hall–Kier alpha value is -2.29. The molecular weight excluding hydrogens is 386 g/mol. The summed E-state index contributed by atoms with van der Waals surface area (Å²) in [5, 5.41) is 5.43. The maximum atomic E-state index is 12.9. The van der Waals surface area contributed by atoms with E-state index in [1.807, 2.05) is 31.1 Å². The maximum absolute atomic E-state index is 12.9. The van der Waals surface area contributed by atoms with E-state index >= 15 is 0 Å². The molecule has 166 valence electrons. The van der Waals surface area contributed by atoms with Crippen LogP contribution in [0.3, 0.4) is 0 Å². The summed E-state index contributed by atoms with van der Waals surface area (Å²) in [6, 6.07) is 6.23. The number of Topliss-reactive ketones (excluding diaryl/α,β-unsaturated/α-hetero) is 1. The van der Waals surface area contributed by atoms with Gasteiger partial charge in [0.1, 0.15) is 0 Å². The monoisotopic (exact) mass is 419 g/mol. The van der Waals surface area contributed by atoms with Gasteiger partial charge in [0, 0.05) is 18.7 Å². The van der Waals surface area contributed by atoms with Crippen LogP contribution >= 0.6 is 0 Å². The molecule has 1 atom stereocenters. The number of fused-ring (bicyclic) bond motifs is 1. The molecule has 0 aromatic heterocycles. The first kappa shape index (κ1) is 24.0.